The molecule has 1 aliphatic heterocycles. The molecule has 0 spiro atoms. The number of nitro benzene ring substituents is 1. The van der Waals surface area contributed by atoms with Crippen molar-refractivity contribution in [2.75, 3.05) is 25.4 Å². The van der Waals surface area contributed by atoms with Gasteiger partial charge in [-0.3, -0.25) is 24.5 Å². The lowest BCUT2D eigenvalue weighted by molar-refractivity contribution is -0.387. The number of hydrogen-bond donors (Lipinski definition) is 1. The van der Waals surface area contributed by atoms with E-state index in [9.17, 15) is 24.5 Å². The average Bonchev–Trinajstić information content (AvgIpc) is 2.63. The third-order valence-corrected chi connectivity index (χ3v) is 5.40. The summed E-state index contributed by atoms with van der Waals surface area (Å²) in [6.45, 7) is 5.10. The summed E-state index contributed by atoms with van der Waals surface area (Å²) in [5.41, 5.74) is 4.81. The predicted molar refractivity (Wildman–Crippen MR) is 103 cm³/mol. The maximum absolute atomic E-state index is 12.2. The van der Waals surface area contributed by atoms with Gasteiger partial charge in [-0.1, -0.05) is 13.8 Å². The van der Waals surface area contributed by atoms with Gasteiger partial charge in [0.15, 0.2) is 6.61 Å². The van der Waals surface area contributed by atoms with E-state index >= 15 is 0 Å². The zero-order valence-corrected chi connectivity index (χ0v) is 16.6. The van der Waals surface area contributed by atoms with Gasteiger partial charge in [-0.05, 0) is 30.4 Å². The van der Waals surface area contributed by atoms with Gasteiger partial charge in [0, 0.05) is 24.7 Å². The van der Waals surface area contributed by atoms with E-state index in [-0.39, 0.29) is 34.4 Å². The van der Waals surface area contributed by atoms with E-state index in [0.29, 0.717) is 24.9 Å². The van der Waals surface area contributed by atoms with Crippen molar-refractivity contribution in [3.8, 4) is 0 Å². The van der Waals surface area contributed by atoms with Crippen molar-refractivity contribution < 1.29 is 24.0 Å². The maximum atomic E-state index is 12.2. The van der Waals surface area contributed by atoms with Gasteiger partial charge in [-0.25, -0.2) is 0 Å². The predicted octanol–water partition coefficient (Wildman–Crippen LogP) is 1.83. The highest BCUT2D eigenvalue weighted by Crippen LogP contribution is 2.30. The molecule has 1 aromatic rings. The molecule has 0 saturated carbocycles. The summed E-state index contributed by atoms with van der Waals surface area (Å²) < 4.78 is 5.02. The fourth-order valence-electron chi connectivity index (χ4n) is 3.21. The molecule has 28 heavy (non-hydrogen) atoms. The minimum Gasteiger partial charge on any atom is -0.455 e. The number of nitrogens with two attached hydrogens (primary N) is 1. The van der Waals surface area contributed by atoms with Crippen LogP contribution in [-0.4, -0.2) is 53.1 Å². The molecule has 1 heterocycles. The highest BCUT2D eigenvalue weighted by molar-refractivity contribution is 8.00. The van der Waals surface area contributed by atoms with E-state index in [2.05, 4.69) is 13.8 Å². The van der Waals surface area contributed by atoms with Crippen molar-refractivity contribution >= 4 is 35.2 Å². The summed E-state index contributed by atoms with van der Waals surface area (Å²) in [4.78, 5) is 47.7. The molecular formula is C18H23N3O6S. The molecule has 0 aliphatic carbocycles. The lowest BCUT2D eigenvalue weighted by Gasteiger charge is -2.34. The van der Waals surface area contributed by atoms with Gasteiger partial charge in [0.1, 0.15) is 0 Å². The van der Waals surface area contributed by atoms with E-state index in [1.54, 1.807) is 4.90 Å². The van der Waals surface area contributed by atoms with Crippen LogP contribution in [0.4, 0.5) is 5.69 Å². The Bertz CT molecular complexity index is 775. The number of nitrogens with zero attached hydrogens (tertiary/aromatic N) is 2. The number of carbonyl (C=O) groups excluding carboxylic acids is 3. The SMILES string of the molecule is CC1CC(C)CN(C(=O)COC(=O)CSc2ccc(C(N)=O)cc2[N+](=O)[O-])C1. The third kappa shape index (κ3) is 5.95. The summed E-state index contributed by atoms with van der Waals surface area (Å²) in [7, 11) is 0. The average molecular weight is 409 g/mol. The standard InChI is InChI=1S/C18H23N3O6S/c1-11-5-12(2)8-20(7-11)16(22)9-27-17(23)10-28-15-4-3-13(18(19)24)6-14(15)21(25)26/h3-4,6,11-12H,5,7-10H2,1-2H3,(H2,19,24). The molecule has 9 nitrogen and oxygen atoms in total. The first-order chi connectivity index (χ1) is 13.2. The maximum Gasteiger partial charge on any atom is 0.316 e. The number of nitro groups is 1. The van der Waals surface area contributed by atoms with Crippen LogP contribution in [0.15, 0.2) is 23.1 Å². The highest BCUT2D eigenvalue weighted by Gasteiger charge is 2.26. The lowest BCUT2D eigenvalue weighted by Crippen LogP contribution is -2.44. The molecule has 0 radical (unpaired) electrons. The first-order valence-corrected chi connectivity index (χ1v) is 9.80. The summed E-state index contributed by atoms with van der Waals surface area (Å²) >= 11 is 0.899. The summed E-state index contributed by atoms with van der Waals surface area (Å²) in [5.74, 6) is -1.06. The highest BCUT2D eigenvalue weighted by atomic mass is 32.2. The second-order valence-corrected chi connectivity index (χ2v) is 8.02. The van der Waals surface area contributed by atoms with Crippen molar-refractivity contribution in [3.05, 3.63) is 33.9 Å². The van der Waals surface area contributed by atoms with E-state index < -0.39 is 16.8 Å². The van der Waals surface area contributed by atoms with Crippen LogP contribution in [0.5, 0.6) is 0 Å². The topological polar surface area (TPSA) is 133 Å². The Balaban J connectivity index is 1.88. The molecule has 0 bridgehead atoms. The monoisotopic (exact) mass is 409 g/mol. The van der Waals surface area contributed by atoms with Crippen LogP contribution in [0.1, 0.15) is 30.6 Å². The zero-order valence-electron chi connectivity index (χ0n) is 15.8. The van der Waals surface area contributed by atoms with Crippen LogP contribution in [0.3, 0.4) is 0 Å². The van der Waals surface area contributed by atoms with Crippen LogP contribution in [-0.2, 0) is 14.3 Å². The van der Waals surface area contributed by atoms with Crippen LogP contribution >= 0.6 is 11.8 Å². The summed E-state index contributed by atoms with van der Waals surface area (Å²) in [6, 6.07) is 3.78. The van der Waals surface area contributed by atoms with Crippen LogP contribution in [0.25, 0.3) is 0 Å². The number of ether oxygens (including phenoxy) is 1. The van der Waals surface area contributed by atoms with Gasteiger partial charge in [-0.2, -0.15) is 0 Å². The van der Waals surface area contributed by atoms with Crippen molar-refractivity contribution in [3.63, 3.8) is 0 Å². The lowest BCUT2D eigenvalue weighted by atomic mass is 9.92. The fraction of sp³-hybridized carbons (Fsp3) is 0.500. The van der Waals surface area contributed by atoms with E-state index in [1.165, 1.54) is 12.1 Å². The number of esters is 1. The number of carbonyl (C=O) groups is 3. The van der Waals surface area contributed by atoms with E-state index in [0.717, 1.165) is 24.2 Å². The number of primary amides is 1. The molecule has 152 valence electrons. The molecule has 1 saturated heterocycles. The molecule has 2 N–H and O–H groups in total. The molecule has 1 aromatic carbocycles. The minimum absolute atomic E-state index is 0.00853. The number of hydrogen-bond acceptors (Lipinski definition) is 7. The first-order valence-electron chi connectivity index (χ1n) is 8.81. The quantitative estimate of drug-likeness (QED) is 0.314. The normalized spacial score (nSPS) is 19.1. The largest absolute Gasteiger partial charge is 0.455 e. The van der Waals surface area contributed by atoms with E-state index in [4.69, 9.17) is 10.5 Å². The Morgan fingerprint density at radius 2 is 1.93 bits per heavy atom. The summed E-state index contributed by atoms with van der Waals surface area (Å²) in [5, 5.41) is 11.2. The molecular weight excluding hydrogens is 386 g/mol. The number of piperidine rings is 1. The van der Waals surface area contributed by atoms with Crippen LogP contribution in [0, 0.1) is 22.0 Å². The third-order valence-electron chi connectivity index (χ3n) is 4.36. The number of amides is 2. The number of likely N-dealkylation sites (tertiary alicyclic amines) is 1. The molecule has 2 rings (SSSR count). The van der Waals surface area contributed by atoms with Crippen LogP contribution in [0.2, 0.25) is 0 Å². The number of thioether (sulfide) groups is 1. The van der Waals surface area contributed by atoms with Crippen molar-refractivity contribution in [2.45, 2.75) is 25.2 Å². The fourth-order valence-corrected chi connectivity index (χ4v) is 4.02. The first kappa shape index (κ1) is 21.7. The van der Waals surface area contributed by atoms with Gasteiger partial charge in [-0.15, -0.1) is 11.8 Å². The van der Waals surface area contributed by atoms with Gasteiger partial charge in [0.05, 0.1) is 15.6 Å². The molecule has 0 aromatic heterocycles. The number of benzene rings is 1. The van der Waals surface area contributed by atoms with Crippen molar-refractivity contribution in [2.24, 2.45) is 17.6 Å². The molecule has 2 unspecified atom stereocenters. The molecule has 2 amide bonds. The second kappa shape index (κ2) is 9.54. The second-order valence-electron chi connectivity index (χ2n) is 7.00. The Morgan fingerprint density at radius 3 is 2.50 bits per heavy atom. The molecule has 2 atom stereocenters. The summed E-state index contributed by atoms with van der Waals surface area (Å²) in [6.07, 6.45) is 1.06. The molecule has 10 heteroatoms. The van der Waals surface area contributed by atoms with Gasteiger partial charge in [0.25, 0.3) is 11.6 Å². The van der Waals surface area contributed by atoms with E-state index in [1.807, 2.05) is 0 Å². The molecule has 1 aliphatic rings. The van der Waals surface area contributed by atoms with Crippen LogP contribution < -0.4 is 5.73 Å². The van der Waals surface area contributed by atoms with Gasteiger partial charge in [0.2, 0.25) is 5.91 Å². The van der Waals surface area contributed by atoms with Crippen molar-refractivity contribution in [1.29, 1.82) is 0 Å². The Morgan fingerprint density at radius 1 is 1.29 bits per heavy atom. The Kier molecular flexibility index (Phi) is 7.38. The Labute approximate surface area is 166 Å². The zero-order chi connectivity index (χ0) is 20.8. The Hall–Kier alpha value is -2.62. The minimum atomic E-state index is -0.779. The van der Waals surface area contributed by atoms with Gasteiger partial charge < -0.3 is 15.4 Å². The van der Waals surface area contributed by atoms with Crippen molar-refractivity contribution in [1.82, 2.24) is 4.90 Å². The number of rotatable bonds is 7. The molecule has 1 fully saturated rings. The van der Waals surface area contributed by atoms with Gasteiger partial charge >= 0.3 is 5.97 Å². The smallest absolute Gasteiger partial charge is 0.316 e.